The van der Waals surface area contributed by atoms with Gasteiger partial charge in [0.15, 0.2) is 0 Å². The van der Waals surface area contributed by atoms with E-state index in [1.54, 1.807) is 0 Å². The summed E-state index contributed by atoms with van der Waals surface area (Å²) in [5, 5.41) is 3.54. The Morgan fingerprint density at radius 1 is 1.36 bits per heavy atom. The van der Waals surface area contributed by atoms with E-state index in [0.717, 1.165) is 12.5 Å². The molecule has 1 aromatic rings. The van der Waals surface area contributed by atoms with Gasteiger partial charge in [0.25, 0.3) is 0 Å². The van der Waals surface area contributed by atoms with Gasteiger partial charge in [-0.15, -0.1) is 0 Å². The van der Waals surface area contributed by atoms with Gasteiger partial charge < -0.3 is 9.88 Å². The number of hydrogen-bond donors (Lipinski definition) is 1. The summed E-state index contributed by atoms with van der Waals surface area (Å²) in [5.41, 5.74) is 1.35. The molecule has 0 saturated heterocycles. The van der Waals surface area contributed by atoms with Crippen LogP contribution in [0, 0.1) is 5.92 Å². The molecule has 0 amide bonds. The van der Waals surface area contributed by atoms with Gasteiger partial charge in [-0.3, -0.25) is 0 Å². The molecule has 0 fully saturated rings. The minimum absolute atomic E-state index is 0.602. The average Bonchev–Trinajstić information content (AvgIpc) is 2.46. The van der Waals surface area contributed by atoms with Gasteiger partial charge >= 0.3 is 0 Å². The molecule has 0 aliphatic heterocycles. The van der Waals surface area contributed by atoms with Crippen molar-refractivity contribution in [2.24, 2.45) is 13.0 Å². The van der Waals surface area contributed by atoms with E-state index in [4.69, 9.17) is 0 Å². The maximum absolute atomic E-state index is 3.54. The normalized spacial score (nSPS) is 13.5. The monoisotopic (exact) mass is 194 g/mol. The van der Waals surface area contributed by atoms with Gasteiger partial charge in [-0.25, -0.2) is 0 Å². The number of rotatable bonds is 5. The van der Waals surface area contributed by atoms with E-state index in [-0.39, 0.29) is 0 Å². The van der Waals surface area contributed by atoms with Crippen molar-refractivity contribution >= 4 is 0 Å². The minimum Gasteiger partial charge on any atom is -0.353 e. The molecule has 1 heterocycles. The fraction of sp³-hybridized carbons (Fsp3) is 0.667. The lowest BCUT2D eigenvalue weighted by Crippen LogP contribution is -2.27. The Labute approximate surface area is 87.3 Å². The Bertz CT molecular complexity index is 263. The Hall–Kier alpha value is -0.760. The van der Waals surface area contributed by atoms with E-state index < -0.39 is 0 Å². The highest BCUT2D eigenvalue weighted by Gasteiger charge is 2.04. The summed E-state index contributed by atoms with van der Waals surface area (Å²) in [5.74, 6) is 0.769. The predicted molar refractivity (Wildman–Crippen MR) is 61.2 cm³/mol. The molecule has 0 saturated carbocycles. The van der Waals surface area contributed by atoms with Gasteiger partial charge in [0.1, 0.15) is 0 Å². The first-order valence-electron chi connectivity index (χ1n) is 5.43. The van der Waals surface area contributed by atoms with Crippen molar-refractivity contribution in [3.05, 3.63) is 24.0 Å². The van der Waals surface area contributed by atoms with Crippen LogP contribution in [0.3, 0.4) is 0 Å². The summed E-state index contributed by atoms with van der Waals surface area (Å²) in [4.78, 5) is 0. The zero-order valence-electron chi connectivity index (χ0n) is 9.75. The first-order chi connectivity index (χ1) is 6.59. The highest BCUT2D eigenvalue weighted by atomic mass is 15.0. The molecule has 0 radical (unpaired) electrons. The van der Waals surface area contributed by atoms with Crippen LogP contribution in [0.15, 0.2) is 18.3 Å². The van der Waals surface area contributed by atoms with Crippen molar-refractivity contribution in [3.8, 4) is 0 Å². The van der Waals surface area contributed by atoms with E-state index >= 15 is 0 Å². The van der Waals surface area contributed by atoms with Crippen LogP contribution in [0.25, 0.3) is 0 Å². The third kappa shape index (κ3) is 3.54. The Kier molecular flexibility index (Phi) is 4.21. The fourth-order valence-corrected chi connectivity index (χ4v) is 1.75. The molecular formula is C12H22N2. The first-order valence-corrected chi connectivity index (χ1v) is 5.43. The number of nitrogens with one attached hydrogen (secondary N) is 1. The average molecular weight is 194 g/mol. The number of nitrogens with zero attached hydrogens (tertiary/aromatic N) is 1. The van der Waals surface area contributed by atoms with Crippen LogP contribution < -0.4 is 5.32 Å². The second-order valence-corrected chi connectivity index (χ2v) is 4.52. The molecule has 0 spiro atoms. The van der Waals surface area contributed by atoms with Crippen molar-refractivity contribution in [1.82, 2.24) is 9.88 Å². The van der Waals surface area contributed by atoms with Crippen molar-refractivity contribution in [3.63, 3.8) is 0 Å². The Balaban J connectivity index is 2.30. The van der Waals surface area contributed by atoms with Gasteiger partial charge in [0.05, 0.1) is 0 Å². The minimum atomic E-state index is 0.602. The number of aryl methyl sites for hydroxylation is 1. The lowest BCUT2D eigenvalue weighted by Gasteiger charge is -2.16. The lowest BCUT2D eigenvalue weighted by molar-refractivity contribution is 0.437. The summed E-state index contributed by atoms with van der Waals surface area (Å²) < 4.78 is 2.16. The van der Waals surface area contributed by atoms with Crippen molar-refractivity contribution in [2.75, 3.05) is 0 Å². The predicted octanol–water partition coefficient (Wildman–Crippen LogP) is 2.55. The smallest absolute Gasteiger partial charge is 0.0361 e. The molecule has 1 rings (SSSR count). The van der Waals surface area contributed by atoms with E-state index in [0.29, 0.717) is 6.04 Å². The molecule has 0 unspecified atom stereocenters. The topological polar surface area (TPSA) is 17.0 Å². The summed E-state index contributed by atoms with van der Waals surface area (Å²) in [6.07, 6.45) is 3.33. The largest absolute Gasteiger partial charge is 0.353 e. The SMILES string of the molecule is CC(C)C[C@H](C)NCc1cccn1C. The molecule has 14 heavy (non-hydrogen) atoms. The second kappa shape index (κ2) is 5.20. The maximum atomic E-state index is 3.54. The molecule has 0 aromatic carbocycles. The third-order valence-electron chi connectivity index (χ3n) is 2.51. The molecule has 0 aliphatic rings. The second-order valence-electron chi connectivity index (χ2n) is 4.52. The van der Waals surface area contributed by atoms with E-state index in [1.807, 2.05) is 0 Å². The quantitative estimate of drug-likeness (QED) is 0.762. The van der Waals surface area contributed by atoms with Crippen LogP contribution in [0.4, 0.5) is 0 Å². The van der Waals surface area contributed by atoms with Crippen LogP contribution in [0.1, 0.15) is 32.9 Å². The first kappa shape index (κ1) is 11.3. The molecule has 2 heteroatoms. The summed E-state index contributed by atoms with van der Waals surface area (Å²) >= 11 is 0. The molecular weight excluding hydrogens is 172 g/mol. The highest BCUT2D eigenvalue weighted by molar-refractivity contribution is 5.06. The van der Waals surface area contributed by atoms with Crippen molar-refractivity contribution in [1.29, 1.82) is 0 Å². The summed E-state index contributed by atoms with van der Waals surface area (Å²) in [7, 11) is 2.09. The number of hydrogen-bond acceptors (Lipinski definition) is 1. The van der Waals surface area contributed by atoms with Crippen LogP contribution >= 0.6 is 0 Å². The van der Waals surface area contributed by atoms with E-state index in [1.165, 1.54) is 12.1 Å². The maximum Gasteiger partial charge on any atom is 0.0361 e. The lowest BCUT2D eigenvalue weighted by atomic mass is 10.1. The molecule has 1 N–H and O–H groups in total. The highest BCUT2D eigenvalue weighted by Crippen LogP contribution is 2.05. The van der Waals surface area contributed by atoms with Crippen LogP contribution in [0.5, 0.6) is 0 Å². The van der Waals surface area contributed by atoms with Gasteiger partial charge in [0.2, 0.25) is 0 Å². The van der Waals surface area contributed by atoms with Crippen molar-refractivity contribution < 1.29 is 0 Å². The van der Waals surface area contributed by atoms with Crippen LogP contribution in [0.2, 0.25) is 0 Å². The van der Waals surface area contributed by atoms with Crippen LogP contribution in [-0.4, -0.2) is 10.6 Å². The van der Waals surface area contributed by atoms with Gasteiger partial charge in [-0.1, -0.05) is 13.8 Å². The zero-order chi connectivity index (χ0) is 10.6. The van der Waals surface area contributed by atoms with E-state index in [2.05, 4.69) is 56.0 Å². The molecule has 80 valence electrons. The Morgan fingerprint density at radius 2 is 2.07 bits per heavy atom. The van der Waals surface area contributed by atoms with Crippen LogP contribution in [-0.2, 0) is 13.6 Å². The standard InChI is InChI=1S/C12H22N2/c1-10(2)8-11(3)13-9-12-6-5-7-14(12)4/h5-7,10-11,13H,8-9H2,1-4H3/t11-/m0/s1. The Morgan fingerprint density at radius 3 is 2.57 bits per heavy atom. The third-order valence-corrected chi connectivity index (χ3v) is 2.51. The summed E-state index contributed by atoms with van der Waals surface area (Å²) in [6, 6.07) is 4.85. The van der Waals surface area contributed by atoms with Crippen molar-refractivity contribution in [2.45, 2.75) is 39.8 Å². The molecule has 2 nitrogen and oxygen atoms in total. The van der Waals surface area contributed by atoms with E-state index in [9.17, 15) is 0 Å². The molecule has 1 aromatic heterocycles. The molecule has 1 atom stereocenters. The zero-order valence-corrected chi connectivity index (χ0v) is 9.75. The van der Waals surface area contributed by atoms with Gasteiger partial charge in [-0.2, -0.15) is 0 Å². The van der Waals surface area contributed by atoms with Gasteiger partial charge in [-0.05, 0) is 31.4 Å². The fourth-order valence-electron chi connectivity index (χ4n) is 1.75. The molecule has 0 bridgehead atoms. The van der Waals surface area contributed by atoms with Gasteiger partial charge in [0, 0.05) is 31.5 Å². The molecule has 0 aliphatic carbocycles. The number of aromatic nitrogens is 1. The summed E-state index contributed by atoms with van der Waals surface area (Å²) in [6.45, 7) is 7.75.